The lowest BCUT2D eigenvalue weighted by Crippen LogP contribution is -2.26. The summed E-state index contributed by atoms with van der Waals surface area (Å²) >= 11 is 0. The Labute approximate surface area is 126 Å². The van der Waals surface area contributed by atoms with Gasteiger partial charge in [-0.05, 0) is 18.4 Å². The Bertz CT molecular complexity index is 714. The number of nitrogen functional groups attached to an aromatic ring is 2. The van der Waals surface area contributed by atoms with E-state index < -0.39 is 16.4 Å². The number of hydrogen-bond donors (Lipinski definition) is 3. The maximum absolute atomic E-state index is 12.0. The molecule has 5 N–H and O–H groups in total. The molecule has 0 aliphatic heterocycles. The average molecular weight is 303 g/mol. The number of nitro groups is 1. The van der Waals surface area contributed by atoms with Crippen LogP contribution in [0.15, 0.2) is 35.1 Å². The fourth-order valence-corrected chi connectivity index (χ4v) is 2.40. The molecule has 1 unspecified atom stereocenters. The highest BCUT2D eigenvalue weighted by atomic mass is 16.6. The number of nitrogens with two attached hydrogens (primary N) is 2. The van der Waals surface area contributed by atoms with Crippen LogP contribution in [0.1, 0.15) is 23.5 Å². The summed E-state index contributed by atoms with van der Waals surface area (Å²) < 4.78 is 0. The Morgan fingerprint density at radius 3 is 2.55 bits per heavy atom. The van der Waals surface area contributed by atoms with Crippen LogP contribution in [0.25, 0.3) is 0 Å². The van der Waals surface area contributed by atoms with Gasteiger partial charge in [0.25, 0.3) is 5.56 Å². The number of rotatable bonds is 6. The Hall–Kier alpha value is -2.90. The average Bonchev–Trinajstić information content (AvgIpc) is 2.44. The Kier molecular flexibility index (Phi) is 4.72. The highest BCUT2D eigenvalue weighted by Gasteiger charge is 2.24. The number of nitrogens with one attached hydrogen (secondary N) is 1. The number of aromatic nitrogens is 2. The first-order chi connectivity index (χ1) is 10.5. The van der Waals surface area contributed by atoms with Crippen molar-refractivity contribution in [1.29, 1.82) is 0 Å². The molecular weight excluding hydrogens is 286 g/mol. The summed E-state index contributed by atoms with van der Waals surface area (Å²) in [6, 6.07) is 9.54. The molecule has 1 aromatic heterocycles. The summed E-state index contributed by atoms with van der Waals surface area (Å²) in [7, 11) is 0. The van der Waals surface area contributed by atoms with Crippen molar-refractivity contribution in [2.75, 3.05) is 18.0 Å². The molecule has 0 aliphatic rings. The summed E-state index contributed by atoms with van der Waals surface area (Å²) in [4.78, 5) is 28.6. The van der Waals surface area contributed by atoms with E-state index in [-0.39, 0.29) is 23.9 Å². The number of anilines is 2. The van der Waals surface area contributed by atoms with Crippen LogP contribution in [0, 0.1) is 10.1 Å². The monoisotopic (exact) mass is 303 g/mol. The molecule has 22 heavy (non-hydrogen) atoms. The first-order valence-corrected chi connectivity index (χ1v) is 6.78. The van der Waals surface area contributed by atoms with Gasteiger partial charge in [0.05, 0.1) is 11.5 Å². The molecule has 116 valence electrons. The van der Waals surface area contributed by atoms with E-state index in [9.17, 15) is 14.9 Å². The van der Waals surface area contributed by atoms with Crippen molar-refractivity contribution in [3.05, 3.63) is 61.9 Å². The number of aromatic amines is 1. The van der Waals surface area contributed by atoms with Crippen LogP contribution in [0.4, 0.5) is 11.8 Å². The van der Waals surface area contributed by atoms with Gasteiger partial charge in [-0.2, -0.15) is 4.98 Å². The Balaban J connectivity index is 2.27. The predicted octanol–water partition coefficient (Wildman–Crippen LogP) is 0.927. The molecule has 0 radical (unpaired) electrons. The highest BCUT2D eigenvalue weighted by Crippen LogP contribution is 2.23. The number of nitrogens with zero attached hydrogens (tertiary/aromatic N) is 2. The fraction of sp³-hybridized carbons (Fsp3) is 0.286. The zero-order valence-corrected chi connectivity index (χ0v) is 11.9. The van der Waals surface area contributed by atoms with Gasteiger partial charge >= 0.3 is 0 Å². The first kappa shape index (κ1) is 15.5. The van der Waals surface area contributed by atoms with Gasteiger partial charge in [-0.25, -0.2) is 0 Å². The second kappa shape index (κ2) is 6.70. The van der Waals surface area contributed by atoms with Crippen LogP contribution in [0.5, 0.6) is 0 Å². The molecule has 2 aromatic rings. The third-order valence-corrected chi connectivity index (χ3v) is 3.41. The molecule has 8 heteroatoms. The van der Waals surface area contributed by atoms with Crippen LogP contribution in [0.2, 0.25) is 0 Å². The second-order valence-electron chi connectivity index (χ2n) is 4.99. The van der Waals surface area contributed by atoms with Gasteiger partial charge in [0, 0.05) is 4.92 Å². The van der Waals surface area contributed by atoms with Gasteiger partial charge < -0.3 is 11.5 Å². The van der Waals surface area contributed by atoms with Crippen molar-refractivity contribution < 1.29 is 4.92 Å². The SMILES string of the molecule is Nc1nc(N)c(C(CCc2ccccc2)C[N+](=O)[O-])c(=O)[nH]1. The molecule has 1 heterocycles. The van der Waals surface area contributed by atoms with Crippen molar-refractivity contribution in [3.8, 4) is 0 Å². The number of hydrogen-bond acceptors (Lipinski definition) is 6. The van der Waals surface area contributed by atoms with E-state index in [2.05, 4.69) is 9.97 Å². The molecule has 8 nitrogen and oxygen atoms in total. The van der Waals surface area contributed by atoms with E-state index in [0.717, 1.165) is 5.56 Å². The first-order valence-electron chi connectivity index (χ1n) is 6.78. The van der Waals surface area contributed by atoms with Crippen molar-refractivity contribution in [1.82, 2.24) is 9.97 Å². The lowest BCUT2D eigenvalue weighted by Gasteiger charge is -2.14. The molecule has 1 aromatic carbocycles. The van der Waals surface area contributed by atoms with Crippen molar-refractivity contribution in [3.63, 3.8) is 0 Å². The van der Waals surface area contributed by atoms with Gasteiger partial charge in [-0.3, -0.25) is 19.9 Å². The zero-order chi connectivity index (χ0) is 16.1. The van der Waals surface area contributed by atoms with E-state index in [0.29, 0.717) is 12.8 Å². The van der Waals surface area contributed by atoms with Crippen LogP contribution < -0.4 is 17.0 Å². The highest BCUT2D eigenvalue weighted by molar-refractivity contribution is 5.43. The normalized spacial score (nSPS) is 12.0. The van der Waals surface area contributed by atoms with E-state index in [4.69, 9.17) is 11.5 Å². The molecular formula is C14H17N5O3. The van der Waals surface area contributed by atoms with Gasteiger partial charge in [0.2, 0.25) is 12.5 Å². The maximum Gasteiger partial charge on any atom is 0.258 e. The molecule has 0 fully saturated rings. The smallest absolute Gasteiger partial charge is 0.258 e. The molecule has 0 saturated heterocycles. The molecule has 1 atom stereocenters. The van der Waals surface area contributed by atoms with Gasteiger partial charge in [-0.1, -0.05) is 30.3 Å². The number of aryl methyl sites for hydroxylation is 1. The molecule has 0 bridgehead atoms. The van der Waals surface area contributed by atoms with Crippen LogP contribution in [-0.4, -0.2) is 21.4 Å². The molecule has 2 rings (SSSR count). The van der Waals surface area contributed by atoms with Gasteiger partial charge in [0.1, 0.15) is 5.82 Å². The summed E-state index contributed by atoms with van der Waals surface area (Å²) in [6.07, 6.45) is 1.02. The van der Waals surface area contributed by atoms with Gasteiger partial charge in [-0.15, -0.1) is 0 Å². The topological polar surface area (TPSA) is 141 Å². The second-order valence-corrected chi connectivity index (χ2v) is 4.99. The molecule has 0 aliphatic carbocycles. The van der Waals surface area contributed by atoms with E-state index in [1.54, 1.807) is 0 Å². The third kappa shape index (κ3) is 3.81. The minimum absolute atomic E-state index is 0.0545. The summed E-state index contributed by atoms with van der Waals surface area (Å²) in [6.45, 7) is -0.383. The summed E-state index contributed by atoms with van der Waals surface area (Å²) in [5, 5.41) is 10.9. The van der Waals surface area contributed by atoms with E-state index >= 15 is 0 Å². The van der Waals surface area contributed by atoms with E-state index in [1.807, 2.05) is 30.3 Å². The van der Waals surface area contributed by atoms with Crippen LogP contribution in [0.3, 0.4) is 0 Å². The summed E-state index contributed by atoms with van der Waals surface area (Å²) in [5.74, 6) is -0.776. The van der Waals surface area contributed by atoms with E-state index in [1.165, 1.54) is 0 Å². The van der Waals surface area contributed by atoms with Crippen molar-refractivity contribution in [2.45, 2.75) is 18.8 Å². The molecule has 0 saturated carbocycles. The van der Waals surface area contributed by atoms with Crippen LogP contribution in [-0.2, 0) is 6.42 Å². The largest absolute Gasteiger partial charge is 0.383 e. The molecule has 0 amide bonds. The fourth-order valence-electron chi connectivity index (χ4n) is 2.40. The standard InChI is InChI=1S/C14H17N5O3/c15-12-11(13(20)18-14(16)17-12)10(8-19(21)22)7-6-9-4-2-1-3-5-9/h1-5,10H,6-8H2,(H5,15,16,17,18,20). The predicted molar refractivity (Wildman–Crippen MR) is 83.0 cm³/mol. The lowest BCUT2D eigenvalue weighted by atomic mass is 9.93. The Morgan fingerprint density at radius 2 is 1.95 bits per heavy atom. The molecule has 0 spiro atoms. The summed E-state index contributed by atoms with van der Waals surface area (Å²) in [5.41, 5.74) is 11.8. The zero-order valence-electron chi connectivity index (χ0n) is 11.9. The minimum atomic E-state index is -0.618. The van der Waals surface area contributed by atoms with Crippen molar-refractivity contribution >= 4 is 11.8 Å². The lowest BCUT2D eigenvalue weighted by molar-refractivity contribution is -0.483. The maximum atomic E-state index is 12.0. The third-order valence-electron chi connectivity index (χ3n) is 3.41. The number of benzene rings is 1. The Morgan fingerprint density at radius 1 is 1.27 bits per heavy atom. The minimum Gasteiger partial charge on any atom is -0.383 e. The van der Waals surface area contributed by atoms with Crippen molar-refractivity contribution in [2.24, 2.45) is 0 Å². The quantitative estimate of drug-likeness (QED) is 0.535. The number of H-pyrrole nitrogens is 1. The van der Waals surface area contributed by atoms with Crippen LogP contribution >= 0.6 is 0 Å². The van der Waals surface area contributed by atoms with Gasteiger partial charge in [0.15, 0.2) is 0 Å².